The van der Waals surface area contributed by atoms with Crippen LogP contribution in [-0.4, -0.2) is 28.4 Å². The molecule has 3 rings (SSSR count). The van der Waals surface area contributed by atoms with E-state index < -0.39 is 5.63 Å². The highest BCUT2D eigenvalue weighted by molar-refractivity contribution is 6.01. The molecule has 0 aliphatic carbocycles. The minimum absolute atomic E-state index is 0.275. The van der Waals surface area contributed by atoms with Gasteiger partial charge in [-0.1, -0.05) is 12.1 Å². The molecule has 0 aliphatic rings. The second kappa shape index (κ2) is 6.76. The summed E-state index contributed by atoms with van der Waals surface area (Å²) < 4.78 is 26.8. The van der Waals surface area contributed by atoms with Gasteiger partial charge in [0, 0.05) is 17.7 Å². The number of hydrogen-bond acceptors (Lipinski definition) is 6. The number of methoxy groups -OCH3 is 4. The number of benzene rings is 2. The summed E-state index contributed by atoms with van der Waals surface area (Å²) in [6, 6.07) is 10.5. The average Bonchev–Trinajstić information content (AvgIpc) is 2.65. The topological polar surface area (TPSA) is 67.1 Å². The number of ether oxygens (including phenoxy) is 4. The second-order valence-electron chi connectivity index (χ2n) is 5.23. The van der Waals surface area contributed by atoms with Gasteiger partial charge in [-0.25, -0.2) is 4.79 Å². The van der Waals surface area contributed by atoms with E-state index in [9.17, 15) is 4.79 Å². The fraction of sp³-hybridized carbons (Fsp3) is 0.211. The Balaban J connectivity index is 2.40. The van der Waals surface area contributed by atoms with Crippen molar-refractivity contribution in [2.45, 2.75) is 0 Å². The van der Waals surface area contributed by atoms with Gasteiger partial charge in [-0.05, 0) is 17.7 Å². The van der Waals surface area contributed by atoms with Crippen LogP contribution in [-0.2, 0) is 0 Å². The summed E-state index contributed by atoms with van der Waals surface area (Å²) in [5, 5.41) is 0.630. The third kappa shape index (κ3) is 2.87. The predicted molar refractivity (Wildman–Crippen MR) is 94.1 cm³/mol. The SMILES string of the molecule is COc1ccc(-c2cc(=O)oc3c(OC)c(OC)cc(OC)c23)cc1. The second-order valence-corrected chi connectivity index (χ2v) is 5.23. The largest absolute Gasteiger partial charge is 0.497 e. The van der Waals surface area contributed by atoms with E-state index in [4.69, 9.17) is 23.4 Å². The van der Waals surface area contributed by atoms with Crippen molar-refractivity contribution in [1.29, 1.82) is 0 Å². The lowest BCUT2D eigenvalue weighted by molar-refractivity contribution is 0.347. The first-order valence-corrected chi connectivity index (χ1v) is 7.54. The smallest absolute Gasteiger partial charge is 0.336 e. The molecule has 130 valence electrons. The molecule has 0 saturated carbocycles. The molecule has 6 heteroatoms. The number of hydrogen-bond donors (Lipinski definition) is 0. The molecular formula is C19H18O6. The van der Waals surface area contributed by atoms with Crippen LogP contribution in [0.2, 0.25) is 0 Å². The van der Waals surface area contributed by atoms with E-state index in [0.717, 1.165) is 11.3 Å². The summed E-state index contributed by atoms with van der Waals surface area (Å²) in [5.74, 6) is 2.00. The quantitative estimate of drug-likeness (QED) is 0.661. The lowest BCUT2D eigenvalue weighted by Crippen LogP contribution is -2.02. The third-order valence-corrected chi connectivity index (χ3v) is 3.94. The molecule has 1 heterocycles. The standard InChI is InChI=1S/C19H18O6/c1-21-12-7-5-11(6-8-12)13-9-16(20)25-19-17(13)14(22-2)10-15(23-3)18(19)24-4/h5-10H,1-4H3. The maximum atomic E-state index is 12.1. The van der Waals surface area contributed by atoms with Crippen LogP contribution in [0.4, 0.5) is 0 Å². The van der Waals surface area contributed by atoms with Crippen LogP contribution in [0.1, 0.15) is 0 Å². The minimum atomic E-state index is -0.494. The van der Waals surface area contributed by atoms with Crippen molar-refractivity contribution in [3.63, 3.8) is 0 Å². The highest BCUT2D eigenvalue weighted by Gasteiger charge is 2.21. The Morgan fingerprint density at radius 2 is 1.48 bits per heavy atom. The maximum absolute atomic E-state index is 12.1. The molecule has 0 aliphatic heterocycles. The molecule has 25 heavy (non-hydrogen) atoms. The normalized spacial score (nSPS) is 10.6. The molecule has 0 saturated heterocycles. The fourth-order valence-corrected chi connectivity index (χ4v) is 2.77. The molecule has 0 unspecified atom stereocenters. The molecular weight excluding hydrogens is 324 g/mol. The average molecular weight is 342 g/mol. The van der Waals surface area contributed by atoms with Crippen molar-refractivity contribution in [3.05, 3.63) is 46.8 Å². The Kier molecular flexibility index (Phi) is 4.52. The van der Waals surface area contributed by atoms with Crippen molar-refractivity contribution in [2.75, 3.05) is 28.4 Å². The Hall–Kier alpha value is -3.15. The van der Waals surface area contributed by atoms with E-state index in [1.165, 1.54) is 20.3 Å². The molecule has 0 spiro atoms. The van der Waals surface area contributed by atoms with Gasteiger partial charge >= 0.3 is 5.63 Å². The molecule has 6 nitrogen and oxygen atoms in total. The van der Waals surface area contributed by atoms with Gasteiger partial charge in [-0.2, -0.15) is 0 Å². The Morgan fingerprint density at radius 3 is 2.04 bits per heavy atom. The van der Waals surface area contributed by atoms with Crippen molar-refractivity contribution < 1.29 is 23.4 Å². The summed E-state index contributed by atoms with van der Waals surface area (Å²) >= 11 is 0. The monoisotopic (exact) mass is 342 g/mol. The van der Waals surface area contributed by atoms with Gasteiger partial charge in [-0.3, -0.25) is 0 Å². The first-order valence-electron chi connectivity index (χ1n) is 7.54. The van der Waals surface area contributed by atoms with E-state index in [1.54, 1.807) is 20.3 Å². The van der Waals surface area contributed by atoms with Crippen molar-refractivity contribution >= 4 is 11.0 Å². The molecule has 0 N–H and O–H groups in total. The maximum Gasteiger partial charge on any atom is 0.336 e. The van der Waals surface area contributed by atoms with Crippen LogP contribution in [0, 0.1) is 0 Å². The zero-order valence-electron chi connectivity index (χ0n) is 14.4. The Labute approximate surface area is 144 Å². The van der Waals surface area contributed by atoms with Gasteiger partial charge in [0.2, 0.25) is 5.75 Å². The lowest BCUT2D eigenvalue weighted by Gasteiger charge is -2.15. The van der Waals surface area contributed by atoms with E-state index in [-0.39, 0.29) is 5.58 Å². The highest BCUT2D eigenvalue weighted by Crippen LogP contribution is 2.44. The van der Waals surface area contributed by atoms with Gasteiger partial charge in [0.15, 0.2) is 11.3 Å². The summed E-state index contributed by atoms with van der Waals surface area (Å²) in [4.78, 5) is 12.1. The predicted octanol–water partition coefficient (Wildman–Crippen LogP) is 3.49. The molecule has 0 fully saturated rings. The van der Waals surface area contributed by atoms with Crippen LogP contribution in [0.3, 0.4) is 0 Å². The molecule has 2 aromatic carbocycles. The summed E-state index contributed by atoms with van der Waals surface area (Å²) in [6.07, 6.45) is 0. The van der Waals surface area contributed by atoms with Gasteiger partial charge < -0.3 is 23.4 Å². The zero-order chi connectivity index (χ0) is 18.0. The van der Waals surface area contributed by atoms with Gasteiger partial charge in [-0.15, -0.1) is 0 Å². The lowest BCUT2D eigenvalue weighted by atomic mass is 10.0. The van der Waals surface area contributed by atoms with Gasteiger partial charge in [0.05, 0.1) is 33.8 Å². The highest BCUT2D eigenvalue weighted by atomic mass is 16.5. The summed E-state index contributed by atoms with van der Waals surface area (Å²) in [7, 11) is 6.14. The van der Waals surface area contributed by atoms with Crippen LogP contribution in [0.25, 0.3) is 22.1 Å². The fourth-order valence-electron chi connectivity index (χ4n) is 2.77. The van der Waals surface area contributed by atoms with Gasteiger partial charge in [0.1, 0.15) is 11.5 Å². The van der Waals surface area contributed by atoms with Gasteiger partial charge in [0.25, 0.3) is 0 Å². The zero-order valence-corrected chi connectivity index (χ0v) is 14.4. The van der Waals surface area contributed by atoms with Crippen LogP contribution >= 0.6 is 0 Å². The third-order valence-electron chi connectivity index (χ3n) is 3.94. The van der Waals surface area contributed by atoms with Crippen molar-refractivity contribution in [2.24, 2.45) is 0 Å². The summed E-state index contributed by atoms with van der Waals surface area (Å²) in [6.45, 7) is 0. The van der Waals surface area contributed by atoms with Crippen LogP contribution in [0.15, 0.2) is 45.6 Å². The van der Waals surface area contributed by atoms with Crippen LogP contribution < -0.4 is 24.6 Å². The first kappa shape index (κ1) is 16.7. The number of rotatable bonds is 5. The molecule has 3 aromatic rings. The summed E-state index contributed by atoms with van der Waals surface area (Å²) in [5.41, 5.74) is 1.28. The molecule has 0 amide bonds. The van der Waals surface area contributed by atoms with E-state index in [0.29, 0.717) is 28.2 Å². The molecule has 0 radical (unpaired) electrons. The first-order chi connectivity index (χ1) is 12.1. The molecule has 0 atom stereocenters. The van der Waals surface area contributed by atoms with Crippen molar-refractivity contribution in [3.8, 4) is 34.1 Å². The number of fused-ring (bicyclic) bond motifs is 1. The van der Waals surface area contributed by atoms with E-state index >= 15 is 0 Å². The van der Waals surface area contributed by atoms with Crippen LogP contribution in [0.5, 0.6) is 23.0 Å². The molecule has 1 aromatic heterocycles. The Bertz CT molecular complexity index is 956. The Morgan fingerprint density at radius 1 is 0.800 bits per heavy atom. The van der Waals surface area contributed by atoms with E-state index in [2.05, 4.69) is 0 Å². The van der Waals surface area contributed by atoms with E-state index in [1.807, 2.05) is 24.3 Å². The minimum Gasteiger partial charge on any atom is -0.497 e. The van der Waals surface area contributed by atoms with Crippen molar-refractivity contribution in [1.82, 2.24) is 0 Å². The molecule has 0 bridgehead atoms.